The number of nitrogens with zero attached hydrogens (tertiary/aromatic N) is 2. The zero-order chi connectivity index (χ0) is 24.3. The number of anilines is 3. The fraction of sp³-hybridized carbons (Fsp3) is 0.182. The molecule has 0 radical (unpaired) electrons. The van der Waals surface area contributed by atoms with Crippen molar-refractivity contribution in [3.8, 4) is 11.5 Å². The lowest BCUT2D eigenvalue weighted by atomic mass is 10.2. The average Bonchev–Trinajstić information content (AvgIpc) is 3.61. The van der Waals surface area contributed by atoms with Crippen molar-refractivity contribution in [2.75, 3.05) is 16.0 Å². The van der Waals surface area contributed by atoms with Crippen molar-refractivity contribution < 1.29 is 31.9 Å². The molecule has 3 aromatic rings. The predicted octanol–water partition coefficient (Wildman–Crippen LogP) is 5.42. The molecule has 1 aromatic carbocycles. The number of carbonyl (C=O) groups is 2. The molecule has 0 atom stereocenters. The fourth-order valence-corrected chi connectivity index (χ4v) is 2.86. The van der Waals surface area contributed by atoms with Crippen molar-refractivity contribution in [3.63, 3.8) is 0 Å². The quantitative estimate of drug-likeness (QED) is 0.413. The zero-order valence-electron chi connectivity index (χ0n) is 17.3. The van der Waals surface area contributed by atoms with Crippen LogP contribution < -0.4 is 20.7 Å². The van der Waals surface area contributed by atoms with Crippen molar-refractivity contribution in [3.05, 3.63) is 66.4 Å². The zero-order valence-corrected chi connectivity index (χ0v) is 17.3. The van der Waals surface area contributed by atoms with Gasteiger partial charge in [-0.15, -0.1) is 0 Å². The van der Waals surface area contributed by atoms with Crippen LogP contribution in [-0.2, 0) is 11.0 Å². The Bertz CT molecular complexity index is 1230. The van der Waals surface area contributed by atoms with E-state index in [1.54, 1.807) is 0 Å². The van der Waals surface area contributed by atoms with E-state index in [9.17, 15) is 27.2 Å². The smallest absolute Gasteiger partial charge is 0.417 e. The van der Waals surface area contributed by atoms with Crippen LogP contribution in [0.4, 0.5) is 39.5 Å². The van der Waals surface area contributed by atoms with Gasteiger partial charge in [-0.1, -0.05) is 0 Å². The van der Waals surface area contributed by atoms with Crippen LogP contribution in [0, 0.1) is 11.7 Å². The Morgan fingerprint density at radius 2 is 1.74 bits per heavy atom. The first-order chi connectivity index (χ1) is 16.2. The number of alkyl halides is 3. The van der Waals surface area contributed by atoms with Crippen LogP contribution in [0.3, 0.4) is 0 Å². The van der Waals surface area contributed by atoms with E-state index in [2.05, 4.69) is 25.9 Å². The van der Waals surface area contributed by atoms with Crippen LogP contribution in [0.15, 0.2) is 55.0 Å². The van der Waals surface area contributed by atoms with E-state index in [-0.39, 0.29) is 28.9 Å². The highest BCUT2D eigenvalue weighted by molar-refractivity contribution is 5.99. The Hall–Kier alpha value is -4.22. The maximum atomic E-state index is 14.5. The molecule has 2 heterocycles. The molecule has 0 aliphatic heterocycles. The highest BCUT2D eigenvalue weighted by atomic mass is 19.4. The molecule has 1 saturated carbocycles. The number of pyridine rings is 2. The molecule has 0 bridgehead atoms. The summed E-state index contributed by atoms with van der Waals surface area (Å²) in [6.45, 7) is 0. The van der Waals surface area contributed by atoms with Crippen LogP contribution >= 0.6 is 0 Å². The third-order valence-electron chi connectivity index (χ3n) is 4.68. The molecule has 12 heteroatoms. The van der Waals surface area contributed by atoms with E-state index in [0.29, 0.717) is 23.8 Å². The number of halogens is 4. The summed E-state index contributed by atoms with van der Waals surface area (Å²) >= 11 is 0. The number of nitrogens with one attached hydrogen (secondary N) is 3. The number of hydrogen-bond donors (Lipinski definition) is 3. The van der Waals surface area contributed by atoms with Crippen LogP contribution in [0.1, 0.15) is 18.4 Å². The molecule has 3 amide bonds. The lowest BCUT2D eigenvalue weighted by molar-refractivity contribution is -0.137. The maximum Gasteiger partial charge on any atom is 0.417 e. The molecule has 34 heavy (non-hydrogen) atoms. The van der Waals surface area contributed by atoms with Gasteiger partial charge in [-0.2, -0.15) is 13.2 Å². The molecule has 3 N–H and O–H groups in total. The lowest BCUT2D eigenvalue weighted by Crippen LogP contribution is -2.20. The van der Waals surface area contributed by atoms with Crippen molar-refractivity contribution >= 4 is 29.1 Å². The third kappa shape index (κ3) is 5.97. The van der Waals surface area contributed by atoms with E-state index in [1.165, 1.54) is 30.5 Å². The monoisotopic (exact) mass is 475 g/mol. The normalized spacial score (nSPS) is 13.2. The number of aromatic nitrogens is 2. The van der Waals surface area contributed by atoms with Crippen LogP contribution in [0.2, 0.25) is 0 Å². The lowest BCUT2D eigenvalue weighted by Gasteiger charge is -2.12. The molecule has 1 aliphatic rings. The Morgan fingerprint density at radius 3 is 2.44 bits per heavy atom. The van der Waals surface area contributed by atoms with Gasteiger partial charge in [0.15, 0.2) is 0 Å². The molecule has 4 rings (SSSR count). The minimum Gasteiger partial charge on any atom is -0.457 e. The van der Waals surface area contributed by atoms with Crippen molar-refractivity contribution in [1.82, 2.24) is 9.97 Å². The number of rotatable bonds is 6. The highest BCUT2D eigenvalue weighted by Gasteiger charge is 2.31. The van der Waals surface area contributed by atoms with Gasteiger partial charge in [0.1, 0.15) is 23.1 Å². The molecule has 1 aliphatic carbocycles. The molecule has 8 nitrogen and oxygen atoms in total. The van der Waals surface area contributed by atoms with Gasteiger partial charge in [-0.05, 0) is 37.1 Å². The molecular weight excluding hydrogens is 458 g/mol. The van der Waals surface area contributed by atoms with E-state index in [4.69, 9.17) is 4.74 Å². The van der Waals surface area contributed by atoms with Gasteiger partial charge < -0.3 is 20.7 Å². The van der Waals surface area contributed by atoms with Crippen LogP contribution in [-0.4, -0.2) is 21.9 Å². The Labute approximate surface area is 190 Å². The van der Waals surface area contributed by atoms with Crippen LogP contribution in [0.25, 0.3) is 0 Å². The molecule has 0 saturated heterocycles. The predicted molar refractivity (Wildman–Crippen MR) is 114 cm³/mol. The summed E-state index contributed by atoms with van der Waals surface area (Å²) in [6.07, 6.45) is 0.137. The maximum absolute atomic E-state index is 14.5. The van der Waals surface area contributed by atoms with Gasteiger partial charge in [0, 0.05) is 30.4 Å². The number of carbonyl (C=O) groups excluding carboxylic acids is 2. The fourth-order valence-electron chi connectivity index (χ4n) is 2.86. The summed E-state index contributed by atoms with van der Waals surface area (Å²) in [7, 11) is 0. The number of ether oxygens (including phenoxy) is 1. The third-order valence-corrected chi connectivity index (χ3v) is 4.68. The summed E-state index contributed by atoms with van der Waals surface area (Å²) in [6, 6.07) is 6.38. The van der Waals surface area contributed by atoms with Gasteiger partial charge in [-0.3, -0.25) is 9.78 Å². The van der Waals surface area contributed by atoms with Crippen molar-refractivity contribution in [2.45, 2.75) is 19.0 Å². The van der Waals surface area contributed by atoms with E-state index >= 15 is 0 Å². The minimum absolute atomic E-state index is 0.00237. The molecule has 2 aromatic heterocycles. The number of benzene rings is 1. The van der Waals surface area contributed by atoms with Gasteiger partial charge in [0.2, 0.25) is 5.91 Å². The average molecular weight is 475 g/mol. The summed E-state index contributed by atoms with van der Waals surface area (Å²) in [5.41, 5.74) is -1.48. The van der Waals surface area contributed by atoms with Crippen LogP contribution in [0.5, 0.6) is 11.5 Å². The standard InChI is InChI=1S/C22H17F4N5O3/c23-17-8-15(34-16-5-6-28-19(9-16)31-20(32)12-1-2-12)3-4-18(17)30-21(33)29-14-7-13(10-27-11-14)22(24,25)26/h3-12H,1-2H2,(H,28,31,32)(H2,29,30,33). The Balaban J connectivity index is 1.38. The van der Waals surface area contributed by atoms with Gasteiger partial charge in [-0.25, -0.2) is 14.2 Å². The first-order valence-corrected chi connectivity index (χ1v) is 10.0. The van der Waals surface area contributed by atoms with Gasteiger partial charge in [0.25, 0.3) is 0 Å². The number of urea groups is 1. The summed E-state index contributed by atoms with van der Waals surface area (Å²) in [4.78, 5) is 31.4. The van der Waals surface area contributed by atoms with Gasteiger partial charge in [0.05, 0.1) is 23.1 Å². The second kappa shape index (κ2) is 9.33. The second-order valence-electron chi connectivity index (χ2n) is 7.42. The molecule has 0 spiro atoms. The molecular formula is C22H17F4N5O3. The van der Waals surface area contributed by atoms with E-state index < -0.39 is 23.6 Å². The summed E-state index contributed by atoms with van der Waals surface area (Å²) in [5, 5.41) is 7.05. The largest absolute Gasteiger partial charge is 0.457 e. The molecule has 0 unspecified atom stereocenters. The SMILES string of the molecule is O=C(Nc1cncc(C(F)(F)F)c1)Nc1ccc(Oc2ccnc(NC(=O)C3CC3)c2)cc1F. The highest BCUT2D eigenvalue weighted by Crippen LogP contribution is 2.32. The Kier molecular flexibility index (Phi) is 6.30. The van der Waals surface area contributed by atoms with Gasteiger partial charge >= 0.3 is 12.2 Å². The van der Waals surface area contributed by atoms with Crippen molar-refractivity contribution in [1.29, 1.82) is 0 Å². The summed E-state index contributed by atoms with van der Waals surface area (Å²) < 4.78 is 58.3. The minimum atomic E-state index is -4.62. The number of hydrogen-bond acceptors (Lipinski definition) is 5. The van der Waals surface area contributed by atoms with E-state index in [0.717, 1.165) is 25.1 Å². The second-order valence-corrected chi connectivity index (χ2v) is 7.42. The molecule has 1 fully saturated rings. The Morgan fingerprint density at radius 1 is 0.971 bits per heavy atom. The van der Waals surface area contributed by atoms with Crippen molar-refractivity contribution in [2.24, 2.45) is 5.92 Å². The topological polar surface area (TPSA) is 105 Å². The number of amides is 3. The summed E-state index contributed by atoms with van der Waals surface area (Å²) in [5.74, 6) is -0.250. The van der Waals surface area contributed by atoms with E-state index in [1.807, 2.05) is 0 Å². The first kappa shape index (κ1) is 23.0. The first-order valence-electron chi connectivity index (χ1n) is 10.0. The molecule has 176 valence electrons.